The van der Waals surface area contributed by atoms with Gasteiger partial charge in [0.25, 0.3) is 5.56 Å². The van der Waals surface area contributed by atoms with Crippen LogP contribution in [0.15, 0.2) is 23.1 Å². The van der Waals surface area contributed by atoms with Crippen LogP contribution in [0.4, 0.5) is 0 Å². The molecule has 1 unspecified atom stereocenters. The van der Waals surface area contributed by atoms with Crippen LogP contribution in [0.1, 0.15) is 24.4 Å². The van der Waals surface area contributed by atoms with Crippen LogP contribution >= 0.6 is 22.6 Å². The predicted octanol–water partition coefficient (Wildman–Crippen LogP) is 1.90. The zero-order chi connectivity index (χ0) is 9.97. The number of aromatic nitrogens is 1. The minimum Gasteiger partial charge on any atom is -0.329 e. The van der Waals surface area contributed by atoms with Gasteiger partial charge in [-0.1, -0.05) is 28.7 Å². The van der Waals surface area contributed by atoms with Gasteiger partial charge in [0.15, 0.2) is 0 Å². The molecule has 3 nitrogen and oxygen atoms in total. The van der Waals surface area contributed by atoms with Gasteiger partial charge in [0.1, 0.15) is 0 Å². The van der Waals surface area contributed by atoms with E-state index < -0.39 is 0 Å². The summed E-state index contributed by atoms with van der Waals surface area (Å²) in [6, 6.07) is 4.17. The van der Waals surface area contributed by atoms with Gasteiger partial charge in [0.05, 0.1) is 4.55 Å². The first-order chi connectivity index (χ1) is 6.83. The molecule has 0 aliphatic carbocycles. The van der Waals surface area contributed by atoms with E-state index in [0.29, 0.717) is 6.04 Å². The summed E-state index contributed by atoms with van der Waals surface area (Å²) < 4.78 is 0.997. The summed E-state index contributed by atoms with van der Waals surface area (Å²) in [7, 11) is 0. The zero-order valence-corrected chi connectivity index (χ0v) is 10.0. The topological polar surface area (TPSA) is 36.1 Å². The molecule has 1 atom stereocenters. The number of hydrogen-bond acceptors (Lipinski definition) is 2. The van der Waals surface area contributed by atoms with E-state index in [1.54, 1.807) is 6.20 Å². The Hall–Kier alpha value is -0.360. The molecule has 1 aromatic heterocycles. The average molecular weight is 304 g/mol. The Morgan fingerprint density at radius 2 is 2.50 bits per heavy atom. The van der Waals surface area contributed by atoms with E-state index in [0.717, 1.165) is 23.1 Å². The largest absolute Gasteiger partial charge is 0.329 e. The van der Waals surface area contributed by atoms with E-state index in [9.17, 15) is 4.79 Å². The Labute approximate surface area is 96.7 Å². The molecule has 0 amide bonds. The van der Waals surface area contributed by atoms with Crippen LogP contribution in [0.2, 0.25) is 0 Å². The van der Waals surface area contributed by atoms with Gasteiger partial charge < -0.3 is 4.98 Å². The fourth-order valence-electron chi connectivity index (χ4n) is 2.02. The molecule has 0 spiro atoms. The Kier molecular flexibility index (Phi) is 3.22. The maximum atomic E-state index is 11.6. The molecule has 0 bridgehead atoms. The normalized spacial score (nSPS) is 22.8. The van der Waals surface area contributed by atoms with Crippen molar-refractivity contribution in [3.63, 3.8) is 0 Å². The van der Waals surface area contributed by atoms with Crippen molar-refractivity contribution in [2.24, 2.45) is 0 Å². The van der Waals surface area contributed by atoms with Gasteiger partial charge in [-0.05, 0) is 25.5 Å². The molecule has 2 rings (SSSR count). The first-order valence-corrected chi connectivity index (χ1v) is 6.33. The van der Waals surface area contributed by atoms with Crippen LogP contribution in [-0.4, -0.2) is 21.0 Å². The van der Waals surface area contributed by atoms with Crippen LogP contribution in [-0.2, 0) is 0 Å². The second-order valence-corrected chi connectivity index (χ2v) is 4.23. The molecule has 0 radical (unpaired) electrons. The van der Waals surface area contributed by atoms with Gasteiger partial charge in [-0.2, -0.15) is 0 Å². The summed E-state index contributed by atoms with van der Waals surface area (Å²) in [5.41, 5.74) is 0.982. The first-order valence-electron chi connectivity index (χ1n) is 4.80. The van der Waals surface area contributed by atoms with Crippen LogP contribution in [0, 0.1) is 0 Å². The standard InChI is InChI=1S/C10H13IN2O/c11-7-13-6-2-4-9(13)8-3-1-5-12-10(8)14/h1,3,5,9H,2,4,6-7H2,(H,12,14). The molecule has 2 heterocycles. The highest BCUT2D eigenvalue weighted by Gasteiger charge is 2.26. The number of nitrogens with zero attached hydrogens (tertiary/aromatic N) is 1. The van der Waals surface area contributed by atoms with Gasteiger partial charge in [-0.3, -0.25) is 9.69 Å². The van der Waals surface area contributed by atoms with Crippen molar-refractivity contribution in [2.75, 3.05) is 11.1 Å². The number of likely N-dealkylation sites (tertiary alicyclic amines) is 1. The number of hydrogen-bond donors (Lipinski definition) is 1. The lowest BCUT2D eigenvalue weighted by Crippen LogP contribution is -2.26. The van der Waals surface area contributed by atoms with E-state index in [4.69, 9.17) is 0 Å². The summed E-state index contributed by atoms with van der Waals surface area (Å²) in [4.78, 5) is 16.7. The second-order valence-electron chi connectivity index (χ2n) is 3.54. The molecule has 0 saturated carbocycles. The minimum absolute atomic E-state index is 0.0641. The zero-order valence-electron chi connectivity index (χ0n) is 7.87. The maximum absolute atomic E-state index is 11.6. The van der Waals surface area contributed by atoms with Crippen LogP contribution in [0.25, 0.3) is 0 Å². The van der Waals surface area contributed by atoms with E-state index in [2.05, 4.69) is 32.5 Å². The average Bonchev–Trinajstić information content (AvgIpc) is 2.66. The van der Waals surface area contributed by atoms with Crippen molar-refractivity contribution in [1.82, 2.24) is 9.88 Å². The van der Waals surface area contributed by atoms with E-state index >= 15 is 0 Å². The highest BCUT2D eigenvalue weighted by atomic mass is 127. The first kappa shape index (κ1) is 10.2. The van der Waals surface area contributed by atoms with Crippen LogP contribution in [0.3, 0.4) is 0 Å². The molecule has 1 aromatic rings. The Balaban J connectivity index is 2.30. The number of halogens is 1. The number of H-pyrrole nitrogens is 1. The number of alkyl halides is 1. The molecular formula is C10H13IN2O. The van der Waals surface area contributed by atoms with Crippen LogP contribution in [0.5, 0.6) is 0 Å². The number of pyridine rings is 1. The number of rotatable bonds is 2. The van der Waals surface area contributed by atoms with Crippen molar-refractivity contribution in [2.45, 2.75) is 18.9 Å². The van der Waals surface area contributed by atoms with Crippen molar-refractivity contribution in [3.8, 4) is 0 Å². The molecule has 0 aromatic carbocycles. The molecule has 4 heteroatoms. The van der Waals surface area contributed by atoms with Gasteiger partial charge in [0.2, 0.25) is 0 Å². The molecule has 1 saturated heterocycles. The third kappa shape index (κ3) is 1.86. The molecular weight excluding hydrogens is 291 g/mol. The second kappa shape index (κ2) is 4.44. The Morgan fingerprint density at radius 1 is 1.64 bits per heavy atom. The Bertz CT molecular complexity index is 363. The van der Waals surface area contributed by atoms with E-state index in [1.807, 2.05) is 12.1 Å². The fourth-order valence-corrected chi connectivity index (χ4v) is 2.84. The highest BCUT2D eigenvalue weighted by molar-refractivity contribution is 14.1. The van der Waals surface area contributed by atoms with Gasteiger partial charge in [0, 0.05) is 17.8 Å². The third-order valence-electron chi connectivity index (χ3n) is 2.72. The fraction of sp³-hybridized carbons (Fsp3) is 0.500. The lowest BCUT2D eigenvalue weighted by atomic mass is 10.1. The summed E-state index contributed by atoms with van der Waals surface area (Å²) in [5.74, 6) is 0. The molecule has 1 fully saturated rings. The molecule has 1 N–H and O–H groups in total. The van der Waals surface area contributed by atoms with Crippen LogP contribution < -0.4 is 5.56 Å². The SMILES string of the molecule is O=c1[nH]cccc1C1CCCN1CI. The summed E-state index contributed by atoms with van der Waals surface area (Å²) in [5, 5.41) is 0. The number of nitrogens with one attached hydrogen (secondary N) is 1. The van der Waals surface area contributed by atoms with E-state index in [-0.39, 0.29) is 5.56 Å². The lowest BCUT2D eigenvalue weighted by molar-refractivity contribution is 0.309. The summed E-state index contributed by atoms with van der Waals surface area (Å²) in [6.07, 6.45) is 3.99. The maximum Gasteiger partial charge on any atom is 0.252 e. The lowest BCUT2D eigenvalue weighted by Gasteiger charge is -2.21. The molecule has 76 valence electrons. The molecule has 1 aliphatic rings. The molecule has 1 aliphatic heterocycles. The quantitative estimate of drug-likeness (QED) is 0.515. The molecule has 14 heavy (non-hydrogen) atoms. The summed E-state index contributed by atoms with van der Waals surface area (Å²) in [6.45, 7) is 1.11. The van der Waals surface area contributed by atoms with Crippen molar-refractivity contribution in [3.05, 3.63) is 34.2 Å². The van der Waals surface area contributed by atoms with Crippen molar-refractivity contribution in [1.29, 1.82) is 0 Å². The van der Waals surface area contributed by atoms with E-state index in [1.165, 1.54) is 6.42 Å². The van der Waals surface area contributed by atoms with Gasteiger partial charge >= 0.3 is 0 Å². The van der Waals surface area contributed by atoms with Crippen molar-refractivity contribution >= 4 is 22.6 Å². The summed E-state index contributed by atoms with van der Waals surface area (Å²) >= 11 is 2.36. The smallest absolute Gasteiger partial charge is 0.252 e. The predicted molar refractivity (Wildman–Crippen MR) is 64.6 cm³/mol. The third-order valence-corrected chi connectivity index (χ3v) is 3.60. The van der Waals surface area contributed by atoms with Crippen molar-refractivity contribution < 1.29 is 0 Å². The van der Waals surface area contributed by atoms with Gasteiger partial charge in [-0.25, -0.2) is 0 Å². The number of aromatic amines is 1. The monoisotopic (exact) mass is 304 g/mol. The highest BCUT2D eigenvalue weighted by Crippen LogP contribution is 2.30. The minimum atomic E-state index is 0.0641. The Morgan fingerprint density at radius 3 is 3.21 bits per heavy atom. The van der Waals surface area contributed by atoms with Gasteiger partial charge in [-0.15, -0.1) is 0 Å².